The number of aryl methyl sites for hydroxylation is 2. The zero-order chi connectivity index (χ0) is 17.6. The van der Waals surface area contributed by atoms with Gasteiger partial charge in [-0.05, 0) is 49.6 Å². The van der Waals surface area contributed by atoms with Crippen LogP contribution in [-0.2, 0) is 0 Å². The molecule has 2 heterocycles. The van der Waals surface area contributed by atoms with Gasteiger partial charge < -0.3 is 10.1 Å². The summed E-state index contributed by atoms with van der Waals surface area (Å²) < 4.78 is 5.62. The van der Waals surface area contributed by atoms with E-state index in [2.05, 4.69) is 10.3 Å². The lowest BCUT2D eigenvalue weighted by atomic mass is 10.1. The Morgan fingerprint density at radius 3 is 2.60 bits per heavy atom. The molecular weight excluding hydrogens is 332 g/mol. The Morgan fingerprint density at radius 2 is 1.92 bits per heavy atom. The lowest BCUT2D eigenvalue weighted by Crippen LogP contribution is -2.28. The van der Waals surface area contributed by atoms with Crippen molar-refractivity contribution >= 4 is 17.2 Å². The zero-order valence-electron chi connectivity index (χ0n) is 14.3. The number of aromatic nitrogens is 1. The van der Waals surface area contributed by atoms with Gasteiger partial charge >= 0.3 is 0 Å². The van der Waals surface area contributed by atoms with Crippen LogP contribution >= 0.6 is 11.3 Å². The van der Waals surface area contributed by atoms with E-state index < -0.39 is 0 Å². The molecule has 1 amide bonds. The number of amides is 1. The molecule has 1 N–H and O–H groups in total. The quantitative estimate of drug-likeness (QED) is 0.675. The number of pyridine rings is 1. The fraction of sp³-hybridized carbons (Fsp3) is 0.200. The summed E-state index contributed by atoms with van der Waals surface area (Å²) in [5.74, 6) is 0.674. The summed E-state index contributed by atoms with van der Waals surface area (Å²) >= 11 is 1.63. The summed E-state index contributed by atoms with van der Waals surface area (Å²) in [6.45, 7) is 4.76. The van der Waals surface area contributed by atoms with Crippen LogP contribution in [-0.4, -0.2) is 24.0 Å². The van der Waals surface area contributed by atoms with Crippen LogP contribution in [0.2, 0.25) is 0 Å². The summed E-state index contributed by atoms with van der Waals surface area (Å²) in [4.78, 5) is 18.0. The standard InChI is InChI=1S/C20H20N2O2S/c1-14-5-7-16(8-6-14)24-12-11-21-20(23)17-9-10-18(22-15(17)2)19-4-3-13-25-19/h3-10,13H,11-12H2,1-2H3,(H,21,23). The molecule has 0 fully saturated rings. The monoisotopic (exact) mass is 352 g/mol. The Balaban J connectivity index is 1.53. The zero-order valence-corrected chi connectivity index (χ0v) is 15.1. The van der Waals surface area contributed by atoms with Crippen LogP contribution in [0.3, 0.4) is 0 Å². The van der Waals surface area contributed by atoms with E-state index in [-0.39, 0.29) is 5.91 Å². The first-order valence-electron chi connectivity index (χ1n) is 8.12. The smallest absolute Gasteiger partial charge is 0.253 e. The van der Waals surface area contributed by atoms with Gasteiger partial charge in [-0.3, -0.25) is 9.78 Å². The van der Waals surface area contributed by atoms with Crippen LogP contribution in [0.25, 0.3) is 10.6 Å². The molecule has 1 aromatic carbocycles. The molecule has 0 aliphatic carbocycles. The molecule has 0 saturated carbocycles. The summed E-state index contributed by atoms with van der Waals surface area (Å²) in [5, 5.41) is 4.89. The molecule has 128 valence electrons. The van der Waals surface area contributed by atoms with E-state index in [1.165, 1.54) is 5.56 Å². The maximum Gasteiger partial charge on any atom is 0.253 e. The molecule has 4 nitrogen and oxygen atoms in total. The SMILES string of the molecule is Cc1ccc(OCCNC(=O)c2ccc(-c3cccs3)nc2C)cc1. The van der Waals surface area contributed by atoms with Crippen LogP contribution in [0.1, 0.15) is 21.6 Å². The lowest BCUT2D eigenvalue weighted by Gasteiger charge is -2.10. The van der Waals surface area contributed by atoms with E-state index in [0.717, 1.165) is 22.0 Å². The van der Waals surface area contributed by atoms with Crippen LogP contribution in [0.5, 0.6) is 5.75 Å². The topological polar surface area (TPSA) is 51.2 Å². The molecular formula is C20H20N2O2S. The number of carbonyl (C=O) groups excluding carboxylic acids is 1. The molecule has 3 rings (SSSR count). The molecule has 2 aromatic heterocycles. The molecule has 0 aliphatic heterocycles. The van der Waals surface area contributed by atoms with Crippen molar-refractivity contribution in [3.63, 3.8) is 0 Å². The van der Waals surface area contributed by atoms with Crippen molar-refractivity contribution in [2.24, 2.45) is 0 Å². The van der Waals surface area contributed by atoms with Crippen molar-refractivity contribution in [3.8, 4) is 16.3 Å². The first kappa shape index (κ1) is 17.2. The van der Waals surface area contributed by atoms with Crippen LogP contribution in [0.4, 0.5) is 0 Å². The van der Waals surface area contributed by atoms with E-state index in [9.17, 15) is 4.79 Å². The van der Waals surface area contributed by atoms with Gasteiger partial charge in [0.1, 0.15) is 12.4 Å². The summed E-state index contributed by atoms with van der Waals surface area (Å²) in [6, 6.07) is 15.6. The first-order chi connectivity index (χ1) is 12.1. The van der Waals surface area contributed by atoms with Crippen molar-refractivity contribution in [1.82, 2.24) is 10.3 Å². The highest BCUT2D eigenvalue weighted by Gasteiger charge is 2.11. The average Bonchev–Trinajstić information content (AvgIpc) is 3.14. The normalized spacial score (nSPS) is 10.5. The van der Waals surface area contributed by atoms with Crippen molar-refractivity contribution in [3.05, 3.63) is 70.7 Å². The van der Waals surface area contributed by atoms with E-state index in [1.807, 2.05) is 67.8 Å². The molecule has 5 heteroatoms. The average molecular weight is 352 g/mol. The maximum absolute atomic E-state index is 12.3. The molecule has 0 radical (unpaired) electrons. The lowest BCUT2D eigenvalue weighted by molar-refractivity contribution is 0.0946. The number of rotatable bonds is 6. The van der Waals surface area contributed by atoms with E-state index in [1.54, 1.807) is 11.3 Å². The molecule has 0 saturated heterocycles. The van der Waals surface area contributed by atoms with Gasteiger partial charge in [-0.2, -0.15) is 0 Å². The number of thiophene rings is 1. The van der Waals surface area contributed by atoms with Gasteiger partial charge in [-0.25, -0.2) is 0 Å². The molecule has 3 aromatic rings. The third-order valence-electron chi connectivity index (χ3n) is 3.78. The fourth-order valence-corrected chi connectivity index (χ4v) is 3.12. The van der Waals surface area contributed by atoms with Crippen molar-refractivity contribution in [1.29, 1.82) is 0 Å². The van der Waals surface area contributed by atoms with Crippen molar-refractivity contribution < 1.29 is 9.53 Å². The van der Waals surface area contributed by atoms with E-state index in [0.29, 0.717) is 18.7 Å². The minimum absolute atomic E-state index is 0.129. The van der Waals surface area contributed by atoms with Crippen LogP contribution in [0.15, 0.2) is 53.9 Å². The van der Waals surface area contributed by atoms with Gasteiger partial charge in [-0.1, -0.05) is 23.8 Å². The van der Waals surface area contributed by atoms with Gasteiger partial charge in [0.05, 0.1) is 28.4 Å². The van der Waals surface area contributed by atoms with E-state index in [4.69, 9.17) is 4.74 Å². The minimum atomic E-state index is -0.129. The summed E-state index contributed by atoms with van der Waals surface area (Å²) in [6.07, 6.45) is 0. The molecule has 0 unspecified atom stereocenters. The number of carbonyl (C=O) groups is 1. The van der Waals surface area contributed by atoms with Gasteiger partial charge in [-0.15, -0.1) is 11.3 Å². The third kappa shape index (κ3) is 4.45. The molecule has 0 atom stereocenters. The number of nitrogens with one attached hydrogen (secondary N) is 1. The minimum Gasteiger partial charge on any atom is -0.492 e. The summed E-state index contributed by atoms with van der Waals surface area (Å²) in [5.41, 5.74) is 3.40. The highest BCUT2D eigenvalue weighted by molar-refractivity contribution is 7.13. The second-order valence-electron chi connectivity index (χ2n) is 5.72. The molecule has 25 heavy (non-hydrogen) atoms. The largest absolute Gasteiger partial charge is 0.492 e. The van der Waals surface area contributed by atoms with Crippen molar-refractivity contribution in [2.45, 2.75) is 13.8 Å². The number of nitrogens with zero attached hydrogens (tertiary/aromatic N) is 1. The number of benzene rings is 1. The Kier molecular flexibility index (Phi) is 5.46. The molecule has 0 spiro atoms. The van der Waals surface area contributed by atoms with E-state index >= 15 is 0 Å². The van der Waals surface area contributed by atoms with Crippen LogP contribution in [0, 0.1) is 13.8 Å². The third-order valence-corrected chi connectivity index (χ3v) is 4.67. The second-order valence-corrected chi connectivity index (χ2v) is 6.67. The van der Waals surface area contributed by atoms with Crippen molar-refractivity contribution in [2.75, 3.05) is 13.2 Å². The Labute approximate surface area is 151 Å². The Hall–Kier alpha value is -2.66. The predicted molar refractivity (Wildman–Crippen MR) is 101 cm³/mol. The molecule has 0 aliphatic rings. The Morgan fingerprint density at radius 1 is 1.12 bits per heavy atom. The van der Waals surface area contributed by atoms with Crippen LogP contribution < -0.4 is 10.1 Å². The Bertz CT molecular complexity index is 843. The molecule has 0 bridgehead atoms. The fourth-order valence-electron chi connectivity index (χ4n) is 2.43. The van der Waals surface area contributed by atoms with Gasteiger partial charge in [0, 0.05) is 0 Å². The second kappa shape index (κ2) is 7.94. The van der Waals surface area contributed by atoms with Gasteiger partial charge in [0.2, 0.25) is 0 Å². The first-order valence-corrected chi connectivity index (χ1v) is 9.00. The number of hydrogen-bond acceptors (Lipinski definition) is 4. The summed E-state index contributed by atoms with van der Waals surface area (Å²) in [7, 11) is 0. The highest BCUT2D eigenvalue weighted by atomic mass is 32.1. The maximum atomic E-state index is 12.3. The predicted octanol–water partition coefficient (Wildman–Crippen LogP) is 4.24. The number of ether oxygens (including phenoxy) is 1. The van der Waals surface area contributed by atoms with Gasteiger partial charge in [0.25, 0.3) is 5.91 Å². The number of hydrogen-bond donors (Lipinski definition) is 1. The highest BCUT2D eigenvalue weighted by Crippen LogP contribution is 2.23. The van der Waals surface area contributed by atoms with Gasteiger partial charge in [0.15, 0.2) is 0 Å².